The lowest BCUT2D eigenvalue weighted by molar-refractivity contribution is -0.121. The predicted molar refractivity (Wildman–Crippen MR) is 112 cm³/mol. The number of rotatable bonds is 9. The van der Waals surface area contributed by atoms with Crippen molar-refractivity contribution >= 4 is 27.6 Å². The number of carbonyl (C=O) groups is 2. The van der Waals surface area contributed by atoms with Crippen molar-refractivity contribution in [3.05, 3.63) is 59.9 Å². The minimum Gasteiger partial charge on any atom is -0.351 e. The Hall–Kier alpha value is -2.98. The number of halogens is 1. The molecule has 8 nitrogen and oxygen atoms in total. The zero-order valence-corrected chi connectivity index (χ0v) is 17.6. The maximum absolute atomic E-state index is 13.0. The van der Waals surface area contributed by atoms with Gasteiger partial charge >= 0.3 is 6.03 Å². The number of nitrogens with two attached hydrogens (primary N) is 1. The molecule has 4 N–H and O–H groups in total. The van der Waals surface area contributed by atoms with Gasteiger partial charge in [0.15, 0.2) is 0 Å². The zero-order chi connectivity index (χ0) is 22.3. The number of sulfonamides is 1. The topological polar surface area (TPSA) is 122 Å². The van der Waals surface area contributed by atoms with Gasteiger partial charge in [0.05, 0.1) is 10.9 Å². The summed E-state index contributed by atoms with van der Waals surface area (Å²) < 4.78 is 39.0. The van der Waals surface area contributed by atoms with Crippen LogP contribution in [0.25, 0.3) is 0 Å². The van der Waals surface area contributed by atoms with Crippen LogP contribution in [0.3, 0.4) is 0 Å². The van der Waals surface area contributed by atoms with Crippen molar-refractivity contribution in [2.24, 2.45) is 5.73 Å². The number of benzene rings is 2. The number of anilines is 1. The largest absolute Gasteiger partial charge is 0.351 e. The van der Waals surface area contributed by atoms with Gasteiger partial charge < -0.3 is 16.4 Å². The van der Waals surface area contributed by atoms with Gasteiger partial charge in [-0.05, 0) is 55.3 Å². The number of carbonyl (C=O) groups excluding carboxylic acids is 2. The molecule has 0 saturated heterocycles. The van der Waals surface area contributed by atoms with E-state index in [1.54, 1.807) is 24.3 Å². The van der Waals surface area contributed by atoms with Crippen molar-refractivity contribution in [3.63, 3.8) is 0 Å². The summed E-state index contributed by atoms with van der Waals surface area (Å²) in [5.74, 6) is -0.726. The molecule has 0 aliphatic heterocycles. The lowest BCUT2D eigenvalue weighted by atomic mass is 10.1. The Bertz CT molecular complexity index is 979. The van der Waals surface area contributed by atoms with Gasteiger partial charge in [-0.3, -0.25) is 4.79 Å². The van der Waals surface area contributed by atoms with Crippen LogP contribution < -0.4 is 16.4 Å². The molecule has 30 heavy (non-hydrogen) atoms. The molecule has 0 aromatic heterocycles. The molecule has 2 aromatic rings. The highest BCUT2D eigenvalue weighted by Crippen LogP contribution is 2.17. The standard InChI is InChI=1S/C20H25FN4O4S/c1-14(15-5-9-17(10-6-15)24-20(22)27)23-19(26)4-3-13-25(2)30(28,29)18-11-7-16(21)8-12-18/h5-12,14H,3-4,13H2,1-2H3,(H,23,26)(H3,22,24,27). The van der Waals surface area contributed by atoms with Gasteiger partial charge in [-0.2, -0.15) is 0 Å². The SMILES string of the molecule is CC(NC(=O)CCCN(C)S(=O)(=O)c1ccc(F)cc1)c1ccc(NC(N)=O)cc1. The number of nitrogens with zero attached hydrogens (tertiary/aromatic N) is 1. The molecular weight excluding hydrogens is 411 g/mol. The number of hydrogen-bond acceptors (Lipinski definition) is 4. The monoisotopic (exact) mass is 436 g/mol. The number of hydrogen-bond donors (Lipinski definition) is 3. The zero-order valence-electron chi connectivity index (χ0n) is 16.8. The first-order chi connectivity index (χ1) is 14.1. The molecule has 1 unspecified atom stereocenters. The van der Waals surface area contributed by atoms with E-state index >= 15 is 0 Å². The molecule has 2 rings (SSSR count). The molecule has 0 radical (unpaired) electrons. The molecule has 0 fully saturated rings. The van der Waals surface area contributed by atoms with Crippen LogP contribution in [0, 0.1) is 5.82 Å². The van der Waals surface area contributed by atoms with Crippen LogP contribution in [0.15, 0.2) is 53.4 Å². The van der Waals surface area contributed by atoms with E-state index in [2.05, 4.69) is 10.6 Å². The van der Waals surface area contributed by atoms with E-state index in [4.69, 9.17) is 5.73 Å². The van der Waals surface area contributed by atoms with Crippen LogP contribution in [0.4, 0.5) is 14.9 Å². The van der Waals surface area contributed by atoms with Gasteiger partial charge in [0, 0.05) is 25.7 Å². The molecule has 10 heteroatoms. The fourth-order valence-electron chi connectivity index (χ4n) is 2.76. The number of primary amides is 1. The lowest BCUT2D eigenvalue weighted by Gasteiger charge is -2.18. The van der Waals surface area contributed by atoms with Crippen molar-refractivity contribution in [1.82, 2.24) is 9.62 Å². The predicted octanol–water partition coefficient (Wildman–Crippen LogP) is 2.59. The second-order valence-corrected chi connectivity index (χ2v) is 8.83. The normalized spacial score (nSPS) is 12.4. The summed E-state index contributed by atoms with van der Waals surface area (Å²) in [6.45, 7) is 1.97. The van der Waals surface area contributed by atoms with Gasteiger partial charge in [0.1, 0.15) is 5.82 Å². The molecule has 3 amide bonds. The maximum atomic E-state index is 13.0. The molecule has 0 heterocycles. The summed E-state index contributed by atoms with van der Waals surface area (Å²) >= 11 is 0. The summed E-state index contributed by atoms with van der Waals surface area (Å²) in [5, 5.41) is 5.30. The number of amides is 3. The Balaban J connectivity index is 1.82. The van der Waals surface area contributed by atoms with Gasteiger partial charge in [-0.15, -0.1) is 0 Å². The lowest BCUT2D eigenvalue weighted by Crippen LogP contribution is -2.30. The van der Waals surface area contributed by atoms with Crippen molar-refractivity contribution < 1.29 is 22.4 Å². The van der Waals surface area contributed by atoms with Crippen molar-refractivity contribution in [3.8, 4) is 0 Å². The Kier molecular flexibility index (Phi) is 7.90. The molecule has 0 bridgehead atoms. The average molecular weight is 437 g/mol. The first kappa shape index (κ1) is 23.3. The van der Waals surface area contributed by atoms with Crippen molar-refractivity contribution in [2.75, 3.05) is 18.9 Å². The first-order valence-corrected chi connectivity index (χ1v) is 10.7. The van der Waals surface area contributed by atoms with E-state index < -0.39 is 21.9 Å². The van der Waals surface area contributed by atoms with Crippen LogP contribution in [0.5, 0.6) is 0 Å². The maximum Gasteiger partial charge on any atom is 0.316 e. The number of nitrogens with one attached hydrogen (secondary N) is 2. The Labute approximate surface area is 175 Å². The summed E-state index contributed by atoms with van der Waals surface area (Å²) in [4.78, 5) is 23.0. The van der Waals surface area contributed by atoms with Crippen molar-refractivity contribution in [2.45, 2.75) is 30.7 Å². The fourth-order valence-corrected chi connectivity index (χ4v) is 3.97. The minimum atomic E-state index is -3.74. The van der Waals surface area contributed by atoms with E-state index in [1.165, 1.54) is 19.2 Å². The fraction of sp³-hybridized carbons (Fsp3) is 0.300. The molecule has 1 atom stereocenters. The van der Waals surface area contributed by atoms with Gasteiger partial charge in [-0.25, -0.2) is 21.9 Å². The quantitative estimate of drug-likeness (QED) is 0.559. The van der Waals surface area contributed by atoms with Crippen molar-refractivity contribution in [1.29, 1.82) is 0 Å². The van der Waals surface area contributed by atoms with Crippen LogP contribution in [0.1, 0.15) is 31.4 Å². The molecule has 162 valence electrons. The van der Waals surface area contributed by atoms with Crippen LogP contribution in [0.2, 0.25) is 0 Å². The van der Waals surface area contributed by atoms with E-state index in [9.17, 15) is 22.4 Å². The van der Waals surface area contributed by atoms with Gasteiger partial charge in [0.2, 0.25) is 15.9 Å². The Morgan fingerprint density at radius 2 is 1.70 bits per heavy atom. The molecule has 0 spiro atoms. The molecule has 0 saturated carbocycles. The minimum absolute atomic E-state index is 0.00116. The average Bonchev–Trinajstić information content (AvgIpc) is 2.68. The van der Waals surface area contributed by atoms with E-state index in [0.717, 1.165) is 22.0 Å². The first-order valence-electron chi connectivity index (χ1n) is 9.27. The molecule has 0 aliphatic rings. The van der Waals surface area contributed by atoms with Gasteiger partial charge in [-0.1, -0.05) is 12.1 Å². The van der Waals surface area contributed by atoms with Crippen LogP contribution in [-0.4, -0.2) is 38.3 Å². The Morgan fingerprint density at radius 1 is 1.10 bits per heavy atom. The molecular formula is C20H25FN4O4S. The summed E-state index contributed by atoms with van der Waals surface area (Å²) in [5.41, 5.74) is 6.45. The van der Waals surface area contributed by atoms with Crippen LogP contribution in [-0.2, 0) is 14.8 Å². The summed E-state index contributed by atoms with van der Waals surface area (Å²) in [6.07, 6.45) is 0.478. The highest BCUT2D eigenvalue weighted by atomic mass is 32.2. The summed E-state index contributed by atoms with van der Waals surface area (Å²) in [6, 6.07) is 10.6. The molecule has 0 aliphatic carbocycles. The second-order valence-electron chi connectivity index (χ2n) is 6.78. The third-order valence-electron chi connectivity index (χ3n) is 4.45. The van der Waals surface area contributed by atoms with E-state index in [0.29, 0.717) is 12.1 Å². The van der Waals surface area contributed by atoms with E-state index in [-0.39, 0.29) is 29.8 Å². The third-order valence-corrected chi connectivity index (χ3v) is 6.33. The highest BCUT2D eigenvalue weighted by molar-refractivity contribution is 7.89. The van der Waals surface area contributed by atoms with E-state index in [1.807, 2.05) is 6.92 Å². The van der Waals surface area contributed by atoms with Gasteiger partial charge in [0.25, 0.3) is 0 Å². The molecule has 2 aromatic carbocycles. The summed E-state index contributed by atoms with van der Waals surface area (Å²) in [7, 11) is -2.32. The highest BCUT2D eigenvalue weighted by Gasteiger charge is 2.20. The smallest absolute Gasteiger partial charge is 0.316 e. The van der Waals surface area contributed by atoms with Crippen LogP contribution >= 0.6 is 0 Å². The second kappa shape index (κ2) is 10.2. The third kappa shape index (κ3) is 6.53. The number of urea groups is 1. The Morgan fingerprint density at radius 3 is 2.27 bits per heavy atom.